The number of likely N-dealkylation sites (tertiary alicyclic amines) is 1. The Morgan fingerprint density at radius 3 is 2.50 bits per heavy atom. The van der Waals surface area contributed by atoms with Gasteiger partial charge in [-0.1, -0.05) is 12.1 Å². The molecule has 6 nitrogen and oxygen atoms in total. The normalized spacial score (nSPS) is 17.3. The Bertz CT molecular complexity index is 786. The predicted octanol–water partition coefficient (Wildman–Crippen LogP) is 3.20. The molecule has 0 aliphatic carbocycles. The zero-order valence-electron chi connectivity index (χ0n) is 16.7. The molecule has 28 heavy (non-hydrogen) atoms. The van der Waals surface area contributed by atoms with E-state index in [-0.39, 0.29) is 18.0 Å². The van der Waals surface area contributed by atoms with E-state index >= 15 is 0 Å². The molecule has 0 atom stereocenters. The summed E-state index contributed by atoms with van der Waals surface area (Å²) in [6.45, 7) is 7.96. The fourth-order valence-corrected chi connectivity index (χ4v) is 3.10. The first kappa shape index (κ1) is 20.5. The van der Waals surface area contributed by atoms with Gasteiger partial charge in [0.2, 0.25) is 5.88 Å². The van der Waals surface area contributed by atoms with Crippen molar-refractivity contribution in [3.8, 4) is 11.6 Å². The molecule has 0 radical (unpaired) electrons. The van der Waals surface area contributed by atoms with Crippen molar-refractivity contribution in [3.63, 3.8) is 0 Å². The van der Waals surface area contributed by atoms with Crippen molar-refractivity contribution in [1.29, 1.82) is 0 Å². The number of piperidine rings is 1. The largest absolute Gasteiger partial charge is 0.488 e. The molecule has 1 aliphatic heterocycles. The molecule has 1 aliphatic rings. The predicted molar refractivity (Wildman–Crippen MR) is 104 cm³/mol. The van der Waals surface area contributed by atoms with E-state index in [2.05, 4.69) is 14.9 Å². The van der Waals surface area contributed by atoms with Crippen LogP contribution in [0.25, 0.3) is 0 Å². The van der Waals surface area contributed by atoms with Gasteiger partial charge in [0.1, 0.15) is 23.5 Å². The summed E-state index contributed by atoms with van der Waals surface area (Å²) in [5, 5.41) is 10.8. The first-order valence-corrected chi connectivity index (χ1v) is 9.55. The minimum atomic E-state index is -0.966. The van der Waals surface area contributed by atoms with Crippen molar-refractivity contribution in [3.05, 3.63) is 48.2 Å². The zero-order valence-corrected chi connectivity index (χ0v) is 16.7. The third kappa shape index (κ3) is 5.62. The number of hydrogen-bond acceptors (Lipinski definition) is 6. The Morgan fingerprint density at radius 2 is 1.82 bits per heavy atom. The zero-order chi connectivity index (χ0) is 20.2. The lowest BCUT2D eigenvalue weighted by atomic mass is 9.92. The van der Waals surface area contributed by atoms with E-state index in [9.17, 15) is 9.50 Å². The lowest BCUT2D eigenvalue weighted by Gasteiger charge is -2.37. The van der Waals surface area contributed by atoms with Gasteiger partial charge in [0.05, 0.1) is 0 Å². The minimum absolute atomic E-state index is 0.0747. The highest BCUT2D eigenvalue weighted by atomic mass is 19.1. The second-order valence-electron chi connectivity index (χ2n) is 8.24. The highest BCUT2D eigenvalue weighted by Gasteiger charge is 2.34. The number of rotatable bonds is 6. The molecule has 152 valence electrons. The molecular formula is C21H28FN3O3. The number of hydrogen-bond donors (Lipinski definition) is 1. The Kier molecular flexibility index (Phi) is 6.15. The molecule has 0 bridgehead atoms. The molecule has 0 amide bonds. The van der Waals surface area contributed by atoms with Crippen molar-refractivity contribution >= 4 is 0 Å². The van der Waals surface area contributed by atoms with Crippen LogP contribution in [-0.4, -0.2) is 50.9 Å². The molecule has 0 unspecified atom stereocenters. The highest BCUT2D eigenvalue weighted by Crippen LogP contribution is 2.27. The number of aliphatic hydroxyl groups is 1. The van der Waals surface area contributed by atoms with Gasteiger partial charge in [-0.05, 0) is 45.7 Å². The van der Waals surface area contributed by atoms with Crippen LogP contribution in [0.3, 0.4) is 0 Å². The molecule has 3 rings (SSSR count). The summed E-state index contributed by atoms with van der Waals surface area (Å²) in [4.78, 5) is 10.9. The van der Waals surface area contributed by atoms with Crippen molar-refractivity contribution < 1.29 is 19.0 Å². The summed E-state index contributed by atoms with van der Waals surface area (Å²) < 4.78 is 25.1. The summed E-state index contributed by atoms with van der Waals surface area (Å²) in [5.41, 5.74) is -0.534. The van der Waals surface area contributed by atoms with E-state index in [1.54, 1.807) is 30.6 Å². The number of para-hydroxylation sites is 1. The molecular weight excluding hydrogens is 361 g/mol. The lowest BCUT2D eigenvalue weighted by molar-refractivity contribution is -0.0547. The van der Waals surface area contributed by atoms with Crippen molar-refractivity contribution in [1.82, 2.24) is 14.9 Å². The molecule has 1 aromatic carbocycles. The number of benzene rings is 1. The monoisotopic (exact) mass is 389 g/mol. The van der Waals surface area contributed by atoms with Gasteiger partial charge in [-0.25, -0.2) is 9.37 Å². The Hall–Kier alpha value is -2.25. The molecule has 1 saturated heterocycles. The summed E-state index contributed by atoms with van der Waals surface area (Å²) in [6, 6.07) is 6.24. The van der Waals surface area contributed by atoms with E-state index in [1.165, 1.54) is 6.07 Å². The first-order valence-electron chi connectivity index (χ1n) is 9.55. The number of aromatic nitrogens is 2. The molecule has 2 aromatic rings. The molecule has 1 aromatic heterocycles. The van der Waals surface area contributed by atoms with Gasteiger partial charge >= 0.3 is 0 Å². The Balaban J connectivity index is 1.55. The van der Waals surface area contributed by atoms with Gasteiger partial charge in [-0.3, -0.25) is 9.88 Å². The number of ether oxygens (including phenoxy) is 2. The van der Waals surface area contributed by atoms with E-state index in [0.29, 0.717) is 38.4 Å². The van der Waals surface area contributed by atoms with Crippen LogP contribution in [-0.2, 0) is 6.54 Å². The van der Waals surface area contributed by atoms with E-state index in [1.807, 2.05) is 20.8 Å². The summed E-state index contributed by atoms with van der Waals surface area (Å²) >= 11 is 0. The van der Waals surface area contributed by atoms with Crippen LogP contribution in [0.1, 0.15) is 39.3 Å². The van der Waals surface area contributed by atoms with Crippen LogP contribution in [0.2, 0.25) is 0 Å². The third-order valence-electron chi connectivity index (χ3n) is 4.63. The lowest BCUT2D eigenvalue weighted by Crippen LogP contribution is -2.47. The van der Waals surface area contributed by atoms with Gasteiger partial charge in [0, 0.05) is 32.0 Å². The number of halogens is 1. The van der Waals surface area contributed by atoms with Crippen molar-refractivity contribution in [2.75, 3.05) is 19.7 Å². The summed E-state index contributed by atoms with van der Waals surface area (Å²) in [6.07, 6.45) is 4.36. The maximum atomic E-state index is 13.7. The smallest absolute Gasteiger partial charge is 0.237 e. The second-order valence-corrected chi connectivity index (χ2v) is 8.24. The van der Waals surface area contributed by atoms with E-state index in [4.69, 9.17) is 9.47 Å². The maximum absolute atomic E-state index is 13.7. The van der Waals surface area contributed by atoms with E-state index < -0.39 is 11.4 Å². The molecule has 0 spiro atoms. The van der Waals surface area contributed by atoms with Gasteiger partial charge in [0.15, 0.2) is 11.6 Å². The van der Waals surface area contributed by atoms with Crippen LogP contribution in [0.15, 0.2) is 36.7 Å². The molecule has 0 saturated carbocycles. The fourth-order valence-electron chi connectivity index (χ4n) is 3.10. The average Bonchev–Trinajstić information content (AvgIpc) is 2.64. The Morgan fingerprint density at radius 1 is 1.14 bits per heavy atom. The van der Waals surface area contributed by atoms with Crippen molar-refractivity contribution in [2.24, 2.45) is 0 Å². The third-order valence-corrected chi connectivity index (χ3v) is 4.63. The van der Waals surface area contributed by atoms with Crippen LogP contribution in [0.5, 0.6) is 11.6 Å². The van der Waals surface area contributed by atoms with Crippen LogP contribution >= 0.6 is 0 Å². The Labute approximate surface area is 165 Å². The minimum Gasteiger partial charge on any atom is -0.488 e. The van der Waals surface area contributed by atoms with Crippen LogP contribution in [0.4, 0.5) is 4.39 Å². The fraction of sp³-hybridized carbons (Fsp3) is 0.524. The quantitative estimate of drug-likeness (QED) is 0.818. The van der Waals surface area contributed by atoms with Crippen LogP contribution in [0, 0.1) is 5.82 Å². The van der Waals surface area contributed by atoms with Gasteiger partial charge < -0.3 is 14.6 Å². The topological polar surface area (TPSA) is 67.7 Å². The van der Waals surface area contributed by atoms with Gasteiger partial charge in [-0.2, -0.15) is 0 Å². The molecule has 2 heterocycles. The van der Waals surface area contributed by atoms with Gasteiger partial charge in [-0.15, -0.1) is 0 Å². The average molecular weight is 389 g/mol. The molecule has 7 heteroatoms. The number of nitrogens with zero attached hydrogens (tertiary/aromatic N) is 3. The molecule has 1 N–H and O–H groups in total. The summed E-state index contributed by atoms with van der Waals surface area (Å²) in [5.74, 6) is 0.290. The highest BCUT2D eigenvalue weighted by molar-refractivity contribution is 5.23. The van der Waals surface area contributed by atoms with Gasteiger partial charge in [0.25, 0.3) is 0 Å². The van der Waals surface area contributed by atoms with Crippen molar-refractivity contribution in [2.45, 2.75) is 51.4 Å². The van der Waals surface area contributed by atoms with E-state index in [0.717, 1.165) is 5.69 Å². The first-order chi connectivity index (χ1) is 13.2. The second kappa shape index (κ2) is 8.41. The maximum Gasteiger partial charge on any atom is 0.237 e. The van der Waals surface area contributed by atoms with Crippen LogP contribution < -0.4 is 9.47 Å². The SMILES string of the molecule is CC(C)(C)Oc1nccnc1CN1CCC(O)(COc2ccccc2F)CC1. The standard InChI is InChI=1S/C21H28FN3O3/c1-20(2,3)28-19-17(23-10-11-24-19)14-25-12-8-21(26,9-13-25)15-27-18-7-5-4-6-16(18)22/h4-7,10-11,26H,8-9,12-15H2,1-3H3. The summed E-state index contributed by atoms with van der Waals surface area (Å²) in [7, 11) is 0. The molecule has 1 fully saturated rings.